The Balaban J connectivity index is 2.45. The predicted octanol–water partition coefficient (Wildman–Crippen LogP) is 1.19. The van der Waals surface area contributed by atoms with Gasteiger partial charge >= 0.3 is 13.6 Å². The number of imidazole rings is 1. The Labute approximate surface area is 108 Å². The highest BCUT2D eigenvalue weighted by molar-refractivity contribution is 7.50. The number of fused-ring (bicyclic) bond motifs is 1. The zero-order chi connectivity index (χ0) is 14.0. The van der Waals surface area contributed by atoms with Gasteiger partial charge in [0.1, 0.15) is 12.1 Å². The summed E-state index contributed by atoms with van der Waals surface area (Å²) >= 11 is 0. The van der Waals surface area contributed by atoms with Gasteiger partial charge in [-0.1, -0.05) is 12.1 Å². The van der Waals surface area contributed by atoms with Crippen molar-refractivity contribution < 1.29 is 24.3 Å². The van der Waals surface area contributed by atoms with Crippen molar-refractivity contribution >= 4 is 24.6 Å². The number of rotatable bonds is 5. The topological polar surface area (TPSA) is 113 Å². The van der Waals surface area contributed by atoms with Crippen LogP contribution in [0.5, 0.6) is 0 Å². The summed E-state index contributed by atoms with van der Waals surface area (Å²) in [5.41, 5.74) is 1.18. The van der Waals surface area contributed by atoms with Gasteiger partial charge in [0.15, 0.2) is 0 Å². The van der Waals surface area contributed by atoms with Gasteiger partial charge in [0.25, 0.3) is 0 Å². The molecule has 2 rings (SSSR count). The lowest BCUT2D eigenvalue weighted by Crippen LogP contribution is -2.07. The lowest BCUT2D eigenvalue weighted by Gasteiger charge is -2.09. The van der Waals surface area contributed by atoms with E-state index in [-0.39, 0.29) is 12.8 Å². The number of hydrogen-bond acceptors (Lipinski definition) is 3. The smallest absolute Gasteiger partial charge is 0.345 e. The minimum absolute atomic E-state index is 0.129. The number of hydrogen-bond donors (Lipinski definition) is 3. The largest absolute Gasteiger partial charge is 0.481 e. The van der Waals surface area contributed by atoms with Gasteiger partial charge in [0.05, 0.1) is 17.5 Å². The van der Waals surface area contributed by atoms with Gasteiger partial charge in [0, 0.05) is 6.42 Å². The molecule has 1 heterocycles. The molecule has 2 aromatic rings. The van der Waals surface area contributed by atoms with E-state index >= 15 is 0 Å². The Hall–Kier alpha value is -1.69. The molecule has 7 nitrogen and oxygen atoms in total. The Bertz CT molecular complexity index is 660. The average molecular weight is 284 g/mol. The van der Waals surface area contributed by atoms with Gasteiger partial charge in [-0.25, -0.2) is 4.98 Å². The second kappa shape index (κ2) is 5.13. The summed E-state index contributed by atoms with van der Waals surface area (Å²) in [7, 11) is -4.26. The maximum Gasteiger partial charge on any atom is 0.345 e. The normalized spacial score (nSPS) is 11.9. The van der Waals surface area contributed by atoms with E-state index in [1.54, 1.807) is 24.3 Å². The van der Waals surface area contributed by atoms with Crippen LogP contribution in [0.1, 0.15) is 12.2 Å². The van der Waals surface area contributed by atoms with E-state index in [1.807, 2.05) is 0 Å². The molecule has 0 spiro atoms. The van der Waals surface area contributed by atoms with Crippen molar-refractivity contribution in [3.63, 3.8) is 0 Å². The van der Waals surface area contributed by atoms with Crippen molar-refractivity contribution in [3.8, 4) is 0 Å². The summed E-state index contributed by atoms with van der Waals surface area (Å²) in [6.45, 7) is 0. The molecule has 0 bridgehead atoms. The summed E-state index contributed by atoms with van der Waals surface area (Å²) < 4.78 is 12.6. The molecule has 0 atom stereocenters. The highest BCUT2D eigenvalue weighted by Gasteiger charge is 2.19. The van der Waals surface area contributed by atoms with Crippen LogP contribution in [0.15, 0.2) is 24.3 Å². The van der Waals surface area contributed by atoms with Crippen molar-refractivity contribution in [3.05, 3.63) is 30.1 Å². The van der Waals surface area contributed by atoms with Crippen molar-refractivity contribution in [1.82, 2.24) is 9.55 Å². The molecule has 0 saturated carbocycles. The molecule has 1 aromatic carbocycles. The quantitative estimate of drug-likeness (QED) is 0.711. The molecule has 0 fully saturated rings. The summed E-state index contributed by atoms with van der Waals surface area (Å²) in [4.78, 5) is 33.0. The summed E-state index contributed by atoms with van der Waals surface area (Å²) in [6.07, 6.45) is -0.503. The number of nitrogens with zero attached hydrogens (tertiary/aromatic N) is 2. The molecule has 3 N–H and O–H groups in total. The SMILES string of the molecule is O=C(O)CCc1nc2ccccc2n1CP(=O)(O)O. The number of aryl methyl sites for hydroxylation is 1. The van der Waals surface area contributed by atoms with Crippen molar-refractivity contribution in [2.75, 3.05) is 0 Å². The van der Waals surface area contributed by atoms with Crippen LogP contribution in [0.2, 0.25) is 0 Å². The number of benzene rings is 1. The molecular weight excluding hydrogens is 271 g/mol. The van der Waals surface area contributed by atoms with Gasteiger partial charge < -0.3 is 19.5 Å². The lowest BCUT2D eigenvalue weighted by atomic mass is 10.3. The van der Waals surface area contributed by atoms with Gasteiger partial charge in [-0.05, 0) is 12.1 Å². The first-order valence-corrected chi connectivity index (χ1v) is 7.37. The average Bonchev–Trinajstić information content (AvgIpc) is 2.63. The fourth-order valence-electron chi connectivity index (χ4n) is 1.88. The van der Waals surface area contributed by atoms with E-state index in [2.05, 4.69) is 4.98 Å². The van der Waals surface area contributed by atoms with Crippen LogP contribution in [0.4, 0.5) is 0 Å². The minimum Gasteiger partial charge on any atom is -0.481 e. The molecule has 19 heavy (non-hydrogen) atoms. The van der Waals surface area contributed by atoms with Crippen LogP contribution in [0.25, 0.3) is 11.0 Å². The standard InChI is InChI=1S/C11H13N2O5P/c14-11(15)6-5-10-12-8-3-1-2-4-9(8)13(10)7-19(16,17)18/h1-4H,5-7H2,(H,14,15)(H2,16,17,18). The van der Waals surface area contributed by atoms with E-state index < -0.39 is 19.9 Å². The van der Waals surface area contributed by atoms with Gasteiger partial charge in [-0.3, -0.25) is 9.36 Å². The molecule has 0 aliphatic carbocycles. The summed E-state index contributed by atoms with van der Waals surface area (Å²) in [5.74, 6) is -0.610. The zero-order valence-corrected chi connectivity index (χ0v) is 10.8. The molecule has 0 aliphatic rings. The Morgan fingerprint density at radius 2 is 2.00 bits per heavy atom. The minimum atomic E-state index is -4.26. The molecule has 0 unspecified atom stereocenters. The molecule has 0 amide bonds. The molecule has 102 valence electrons. The van der Waals surface area contributed by atoms with E-state index in [4.69, 9.17) is 14.9 Å². The van der Waals surface area contributed by atoms with Crippen LogP contribution in [-0.2, 0) is 22.1 Å². The van der Waals surface area contributed by atoms with Crippen molar-refractivity contribution in [2.45, 2.75) is 19.1 Å². The van der Waals surface area contributed by atoms with Gasteiger partial charge in [-0.15, -0.1) is 0 Å². The number of aliphatic carboxylic acids is 1. The molecular formula is C11H13N2O5P. The molecule has 0 radical (unpaired) electrons. The van der Waals surface area contributed by atoms with Crippen LogP contribution in [-0.4, -0.2) is 30.4 Å². The van der Waals surface area contributed by atoms with Crippen LogP contribution < -0.4 is 0 Å². The predicted molar refractivity (Wildman–Crippen MR) is 67.7 cm³/mol. The van der Waals surface area contributed by atoms with E-state index in [0.29, 0.717) is 16.9 Å². The summed E-state index contributed by atoms with van der Waals surface area (Å²) in [6, 6.07) is 6.91. The van der Waals surface area contributed by atoms with Crippen molar-refractivity contribution in [2.24, 2.45) is 0 Å². The van der Waals surface area contributed by atoms with Gasteiger partial charge in [-0.2, -0.15) is 0 Å². The molecule has 0 aliphatic heterocycles. The first kappa shape index (κ1) is 13.7. The second-order valence-electron chi connectivity index (χ2n) is 4.14. The van der Waals surface area contributed by atoms with Crippen LogP contribution in [0.3, 0.4) is 0 Å². The van der Waals surface area contributed by atoms with E-state index in [9.17, 15) is 9.36 Å². The third-order valence-corrected chi connectivity index (χ3v) is 3.27. The fraction of sp³-hybridized carbons (Fsp3) is 0.273. The highest BCUT2D eigenvalue weighted by atomic mass is 31.2. The number of carboxylic acids is 1. The molecule has 8 heteroatoms. The zero-order valence-electron chi connectivity index (χ0n) is 9.93. The van der Waals surface area contributed by atoms with Crippen molar-refractivity contribution in [1.29, 1.82) is 0 Å². The number of carbonyl (C=O) groups is 1. The fourth-order valence-corrected chi connectivity index (χ4v) is 2.56. The molecule has 1 aromatic heterocycles. The van der Waals surface area contributed by atoms with Crippen LogP contribution in [0, 0.1) is 0 Å². The van der Waals surface area contributed by atoms with Gasteiger partial charge in [0.2, 0.25) is 0 Å². The number of carboxylic acid groups (broad SMARTS) is 1. The Morgan fingerprint density at radius 1 is 1.32 bits per heavy atom. The number of para-hydroxylation sites is 2. The Morgan fingerprint density at radius 3 is 2.63 bits per heavy atom. The first-order valence-electron chi connectivity index (χ1n) is 5.57. The monoisotopic (exact) mass is 284 g/mol. The number of aromatic nitrogens is 2. The van der Waals surface area contributed by atoms with Crippen LogP contribution >= 0.6 is 7.60 Å². The molecule has 0 saturated heterocycles. The summed E-state index contributed by atoms with van der Waals surface area (Å²) in [5, 5.41) is 8.68. The lowest BCUT2D eigenvalue weighted by molar-refractivity contribution is -0.137. The van der Waals surface area contributed by atoms with E-state index in [0.717, 1.165) is 0 Å². The Kier molecular flexibility index (Phi) is 3.71. The highest BCUT2D eigenvalue weighted by Crippen LogP contribution is 2.38. The second-order valence-corrected chi connectivity index (χ2v) is 5.76. The first-order chi connectivity index (χ1) is 8.87. The maximum absolute atomic E-state index is 11.2. The van der Waals surface area contributed by atoms with E-state index in [1.165, 1.54) is 4.57 Å². The third-order valence-electron chi connectivity index (χ3n) is 2.62. The third kappa shape index (κ3) is 3.41. The maximum atomic E-state index is 11.2.